The minimum Gasteiger partial charge on any atom is -0.324 e. The van der Waals surface area contributed by atoms with Gasteiger partial charge in [0.25, 0.3) is 11.8 Å². The maximum Gasteiger partial charge on any atom is 0.263 e. The van der Waals surface area contributed by atoms with E-state index >= 15 is 0 Å². The van der Waals surface area contributed by atoms with Crippen molar-refractivity contribution in [3.63, 3.8) is 0 Å². The number of fused-ring (bicyclic) bond motifs is 1. The van der Waals surface area contributed by atoms with Crippen LogP contribution in [0.5, 0.6) is 0 Å². The van der Waals surface area contributed by atoms with Gasteiger partial charge >= 0.3 is 0 Å². The van der Waals surface area contributed by atoms with E-state index in [9.17, 15) is 23.2 Å². The molecule has 1 N–H and O–H groups in total. The van der Waals surface area contributed by atoms with Crippen molar-refractivity contribution < 1.29 is 23.2 Å². The van der Waals surface area contributed by atoms with Crippen LogP contribution in [0.2, 0.25) is 0 Å². The third kappa shape index (κ3) is 3.30. The Kier molecular flexibility index (Phi) is 4.76. The molecule has 2 aromatic carbocycles. The van der Waals surface area contributed by atoms with E-state index in [-0.39, 0.29) is 12.2 Å². The molecule has 2 aliphatic rings. The Labute approximate surface area is 170 Å². The lowest BCUT2D eigenvalue weighted by Crippen LogP contribution is -2.43. The summed E-state index contributed by atoms with van der Waals surface area (Å²) in [7, 11) is 0. The number of halogens is 2. The van der Waals surface area contributed by atoms with E-state index in [4.69, 9.17) is 0 Å². The lowest BCUT2D eigenvalue weighted by molar-refractivity contribution is -0.123. The molecule has 1 saturated heterocycles. The predicted molar refractivity (Wildman–Crippen MR) is 103 cm³/mol. The van der Waals surface area contributed by atoms with Crippen LogP contribution in [-0.2, 0) is 14.4 Å². The van der Waals surface area contributed by atoms with Gasteiger partial charge in [-0.3, -0.25) is 19.4 Å². The fourth-order valence-corrected chi connectivity index (χ4v) is 3.40. The second kappa shape index (κ2) is 7.29. The zero-order chi connectivity index (χ0) is 21.6. The van der Waals surface area contributed by atoms with E-state index in [1.54, 1.807) is 6.07 Å². The number of hydrogen-bond donors (Lipinski definition) is 1. The number of amides is 3. The van der Waals surface area contributed by atoms with Gasteiger partial charge in [-0.15, -0.1) is 0 Å². The molecule has 30 heavy (non-hydrogen) atoms. The first kappa shape index (κ1) is 19.6. The number of benzene rings is 2. The third-order valence-corrected chi connectivity index (χ3v) is 5.12. The van der Waals surface area contributed by atoms with Crippen molar-refractivity contribution in [1.29, 1.82) is 0 Å². The summed E-state index contributed by atoms with van der Waals surface area (Å²) < 4.78 is 26.7. The molecule has 4 rings (SSSR count). The molecule has 1 fully saturated rings. The average molecular weight is 413 g/mol. The van der Waals surface area contributed by atoms with Gasteiger partial charge in [0.2, 0.25) is 5.91 Å². The van der Waals surface area contributed by atoms with Gasteiger partial charge in [0.05, 0.1) is 5.69 Å². The fraction of sp³-hybridized carbons (Fsp3) is 0.250. The van der Waals surface area contributed by atoms with E-state index in [0.29, 0.717) is 5.69 Å². The Morgan fingerprint density at radius 1 is 1.03 bits per heavy atom. The maximum atomic E-state index is 13.6. The third-order valence-electron chi connectivity index (χ3n) is 5.12. The standard InChI is InChI=1S/C20H17F2N5O3/c1-10-3-4-12(7-11(10)2)23-16(28)9-26-18-17(24-25-26)19(29)27(20(18)30)13-5-6-14(21)15(22)8-13/h3-8,17-18H,9H2,1-2H3,(H,23,28)/t17-,18+/m0/s1. The predicted octanol–water partition coefficient (Wildman–Crippen LogP) is 2.51. The van der Waals surface area contributed by atoms with Crippen molar-refractivity contribution in [2.75, 3.05) is 16.8 Å². The molecule has 3 amide bonds. The Bertz CT molecular complexity index is 1100. The average Bonchev–Trinajstić information content (AvgIpc) is 3.21. The van der Waals surface area contributed by atoms with E-state index in [0.717, 1.165) is 39.2 Å². The molecule has 2 atom stereocenters. The Hall–Kier alpha value is -3.69. The van der Waals surface area contributed by atoms with Crippen LogP contribution in [-0.4, -0.2) is 41.4 Å². The highest BCUT2D eigenvalue weighted by atomic mass is 19.2. The molecule has 154 valence electrons. The molecule has 0 bridgehead atoms. The van der Waals surface area contributed by atoms with Gasteiger partial charge in [-0.05, 0) is 49.2 Å². The quantitative estimate of drug-likeness (QED) is 0.780. The van der Waals surface area contributed by atoms with Crippen LogP contribution < -0.4 is 10.2 Å². The normalized spacial score (nSPS) is 20.1. The van der Waals surface area contributed by atoms with Gasteiger partial charge < -0.3 is 5.32 Å². The first-order valence-corrected chi connectivity index (χ1v) is 9.13. The van der Waals surface area contributed by atoms with Gasteiger partial charge in [0.1, 0.15) is 6.54 Å². The Balaban J connectivity index is 1.49. The van der Waals surface area contributed by atoms with Crippen LogP contribution in [0, 0.1) is 25.5 Å². The Morgan fingerprint density at radius 2 is 1.80 bits per heavy atom. The van der Waals surface area contributed by atoms with Crippen LogP contribution in [0.25, 0.3) is 0 Å². The smallest absolute Gasteiger partial charge is 0.263 e. The highest BCUT2D eigenvalue weighted by Gasteiger charge is 2.55. The highest BCUT2D eigenvalue weighted by molar-refractivity contribution is 6.25. The molecule has 2 aromatic rings. The molecule has 8 nitrogen and oxygen atoms in total. The minimum atomic E-state index is -1.18. The molecule has 0 aliphatic carbocycles. The number of anilines is 2. The first-order chi connectivity index (χ1) is 14.3. The largest absolute Gasteiger partial charge is 0.324 e. The number of imide groups is 1. The van der Waals surface area contributed by atoms with Crippen molar-refractivity contribution in [2.24, 2.45) is 10.3 Å². The number of aryl methyl sites for hydroxylation is 2. The SMILES string of the molecule is Cc1ccc(NC(=O)CN2N=N[C@@H]3C(=O)N(c4ccc(F)c(F)c4)C(=O)[C@@H]32)cc1C. The lowest BCUT2D eigenvalue weighted by Gasteiger charge is -2.20. The summed E-state index contributed by atoms with van der Waals surface area (Å²) >= 11 is 0. The zero-order valence-corrected chi connectivity index (χ0v) is 16.1. The maximum absolute atomic E-state index is 13.6. The second-order valence-corrected chi connectivity index (χ2v) is 7.15. The summed E-state index contributed by atoms with van der Waals surface area (Å²) in [6.07, 6.45) is 0. The lowest BCUT2D eigenvalue weighted by atomic mass is 10.1. The molecule has 0 radical (unpaired) electrons. The molecule has 0 unspecified atom stereocenters. The number of carbonyl (C=O) groups excluding carboxylic acids is 3. The van der Waals surface area contributed by atoms with Crippen LogP contribution in [0.1, 0.15) is 11.1 Å². The molecule has 2 aliphatic heterocycles. The summed E-state index contributed by atoms with van der Waals surface area (Å²) in [5, 5.41) is 11.4. The number of carbonyl (C=O) groups is 3. The van der Waals surface area contributed by atoms with Gasteiger partial charge in [0, 0.05) is 11.8 Å². The van der Waals surface area contributed by atoms with E-state index in [1.807, 2.05) is 26.0 Å². The van der Waals surface area contributed by atoms with Crippen molar-refractivity contribution in [3.05, 3.63) is 59.2 Å². The topological polar surface area (TPSA) is 94.4 Å². The zero-order valence-electron chi connectivity index (χ0n) is 16.1. The van der Waals surface area contributed by atoms with Gasteiger partial charge in [-0.25, -0.2) is 13.7 Å². The van der Waals surface area contributed by atoms with E-state index in [2.05, 4.69) is 15.7 Å². The molecule has 0 spiro atoms. The summed E-state index contributed by atoms with van der Waals surface area (Å²) in [5.74, 6) is -4.14. The fourth-order valence-electron chi connectivity index (χ4n) is 3.40. The van der Waals surface area contributed by atoms with Gasteiger partial charge in [0.15, 0.2) is 23.7 Å². The van der Waals surface area contributed by atoms with Crippen molar-refractivity contribution in [1.82, 2.24) is 5.01 Å². The monoisotopic (exact) mass is 413 g/mol. The minimum absolute atomic E-state index is 0.104. The summed E-state index contributed by atoms with van der Waals surface area (Å²) in [6, 6.07) is 5.91. The van der Waals surface area contributed by atoms with Crippen LogP contribution in [0.3, 0.4) is 0 Å². The van der Waals surface area contributed by atoms with Gasteiger partial charge in [-0.1, -0.05) is 11.3 Å². The summed E-state index contributed by atoms with van der Waals surface area (Å²) in [6.45, 7) is 3.56. The first-order valence-electron chi connectivity index (χ1n) is 9.13. The second-order valence-electron chi connectivity index (χ2n) is 7.15. The molecular weight excluding hydrogens is 396 g/mol. The van der Waals surface area contributed by atoms with Crippen LogP contribution >= 0.6 is 0 Å². The molecule has 0 saturated carbocycles. The summed E-state index contributed by atoms with van der Waals surface area (Å²) in [4.78, 5) is 38.6. The number of rotatable bonds is 4. The van der Waals surface area contributed by atoms with Crippen LogP contribution in [0.15, 0.2) is 46.7 Å². The Morgan fingerprint density at radius 3 is 2.50 bits per heavy atom. The van der Waals surface area contributed by atoms with E-state index < -0.39 is 41.4 Å². The number of nitrogens with one attached hydrogen (secondary N) is 1. The summed E-state index contributed by atoms with van der Waals surface area (Å²) in [5.41, 5.74) is 2.57. The van der Waals surface area contributed by atoms with Gasteiger partial charge in [-0.2, -0.15) is 5.11 Å². The number of hydrogen-bond acceptors (Lipinski definition) is 6. The molecular formula is C20H17F2N5O3. The van der Waals surface area contributed by atoms with Crippen molar-refractivity contribution in [2.45, 2.75) is 25.9 Å². The van der Waals surface area contributed by atoms with E-state index in [1.165, 1.54) is 0 Å². The van der Waals surface area contributed by atoms with Crippen LogP contribution in [0.4, 0.5) is 20.2 Å². The van der Waals surface area contributed by atoms with Crippen molar-refractivity contribution >= 4 is 29.1 Å². The highest BCUT2D eigenvalue weighted by Crippen LogP contribution is 2.32. The van der Waals surface area contributed by atoms with Crippen molar-refractivity contribution in [3.8, 4) is 0 Å². The molecule has 2 heterocycles. The molecule has 0 aromatic heterocycles. The number of nitrogens with zero attached hydrogens (tertiary/aromatic N) is 4. The molecule has 10 heteroatoms.